The molecule has 0 fully saturated rings. The molecule has 12 nitrogen and oxygen atoms in total. The summed E-state index contributed by atoms with van der Waals surface area (Å²) in [6.07, 6.45) is 4.51. The highest BCUT2D eigenvalue weighted by Gasteiger charge is 2.25. The average Bonchev–Trinajstić information content (AvgIpc) is 3.31. The molecule has 65 heavy (non-hydrogen) atoms. The first-order valence-electron chi connectivity index (χ1n) is 21.4. The van der Waals surface area contributed by atoms with Gasteiger partial charge in [-0.1, -0.05) is 73.3 Å². The van der Waals surface area contributed by atoms with Crippen LogP contribution in [0.25, 0.3) is 22.0 Å². The molecular weight excluding hydrogens is 837 g/mol. The number of hydrogen-bond acceptors (Lipinski definition) is 10. The molecule has 0 radical (unpaired) electrons. The van der Waals surface area contributed by atoms with Gasteiger partial charge in [0.25, 0.3) is 17.7 Å². The Balaban J connectivity index is 0.859. The van der Waals surface area contributed by atoms with E-state index in [0.717, 1.165) is 81.0 Å². The van der Waals surface area contributed by atoms with Crippen molar-refractivity contribution in [2.75, 3.05) is 42.8 Å². The fourth-order valence-electron chi connectivity index (χ4n) is 7.93. The van der Waals surface area contributed by atoms with Crippen LogP contribution in [0.2, 0.25) is 0 Å². The number of unbranched alkanes of at least 4 members (excludes halogenated alkanes) is 1. The van der Waals surface area contributed by atoms with E-state index in [1.807, 2.05) is 91.9 Å². The number of amides is 3. The van der Waals surface area contributed by atoms with E-state index in [9.17, 15) is 19.5 Å². The molecule has 1 unspecified atom stereocenters. The number of ether oxygens (including phenoxy) is 2. The van der Waals surface area contributed by atoms with Crippen LogP contribution in [-0.2, 0) is 11.2 Å². The molecule has 7 N–H and O–H groups in total. The van der Waals surface area contributed by atoms with E-state index in [2.05, 4.69) is 57.4 Å². The monoisotopic (exact) mass is 886 g/mol. The Bertz CT molecular complexity index is 2900. The van der Waals surface area contributed by atoms with Crippen LogP contribution in [0.3, 0.4) is 0 Å². The third-order valence-corrected chi connectivity index (χ3v) is 12.3. The minimum atomic E-state index is -0.597. The van der Waals surface area contributed by atoms with Crippen LogP contribution >= 0.6 is 11.8 Å². The zero-order valence-electron chi connectivity index (χ0n) is 36.4. The van der Waals surface area contributed by atoms with Crippen LogP contribution in [-0.4, -0.2) is 54.6 Å². The van der Waals surface area contributed by atoms with Gasteiger partial charge in [-0.2, -0.15) is 0 Å². The van der Waals surface area contributed by atoms with Gasteiger partial charge in [-0.25, -0.2) is 0 Å². The summed E-state index contributed by atoms with van der Waals surface area (Å²) in [5.41, 5.74) is 14.9. The number of rotatable bonds is 17. The van der Waals surface area contributed by atoms with Gasteiger partial charge in [0.1, 0.15) is 17.2 Å². The summed E-state index contributed by atoms with van der Waals surface area (Å²) in [7, 11) is 1.60. The zero-order chi connectivity index (χ0) is 45.5. The van der Waals surface area contributed by atoms with E-state index in [4.69, 9.17) is 15.2 Å². The second-order valence-electron chi connectivity index (χ2n) is 16.0. The lowest BCUT2D eigenvalue weighted by atomic mass is 9.98. The second kappa shape index (κ2) is 20.0. The van der Waals surface area contributed by atoms with Crippen LogP contribution in [0, 0.1) is 6.92 Å². The highest BCUT2D eigenvalue weighted by atomic mass is 32.2. The predicted molar refractivity (Wildman–Crippen MR) is 258 cm³/mol. The first-order chi connectivity index (χ1) is 31.5. The van der Waals surface area contributed by atoms with Crippen molar-refractivity contribution in [3.63, 3.8) is 0 Å². The van der Waals surface area contributed by atoms with E-state index in [1.165, 1.54) is 23.5 Å². The summed E-state index contributed by atoms with van der Waals surface area (Å²) < 4.78 is 11.1. The van der Waals surface area contributed by atoms with Gasteiger partial charge in [0.2, 0.25) is 0 Å². The number of phenols is 1. The van der Waals surface area contributed by atoms with Crippen molar-refractivity contribution in [1.29, 1.82) is 0 Å². The molecule has 0 bridgehead atoms. The highest BCUT2D eigenvalue weighted by molar-refractivity contribution is 7.99. The number of phenolic OH excluding ortho intramolecular Hbond substituents is 1. The topological polar surface area (TPSA) is 177 Å². The van der Waals surface area contributed by atoms with Gasteiger partial charge in [0.05, 0.1) is 23.9 Å². The molecule has 0 saturated carbocycles. The zero-order valence-corrected chi connectivity index (χ0v) is 37.2. The van der Waals surface area contributed by atoms with Crippen LogP contribution in [0.5, 0.6) is 17.2 Å². The van der Waals surface area contributed by atoms with Crippen molar-refractivity contribution in [3.8, 4) is 28.4 Å². The number of primary amides is 1. The fraction of sp³-hybridized carbons (Fsp3) is 0.192. The van der Waals surface area contributed by atoms with Crippen molar-refractivity contribution in [2.45, 2.75) is 48.8 Å². The van der Waals surface area contributed by atoms with Gasteiger partial charge >= 0.3 is 0 Å². The smallest absolute Gasteiger partial charge is 0.262 e. The third-order valence-electron chi connectivity index (χ3n) is 11.3. The van der Waals surface area contributed by atoms with Crippen LogP contribution in [0.15, 0.2) is 137 Å². The largest absolute Gasteiger partial charge is 0.506 e. The lowest BCUT2D eigenvalue weighted by Gasteiger charge is -2.24. The van der Waals surface area contributed by atoms with Gasteiger partial charge in [-0.05, 0) is 122 Å². The predicted octanol–water partition coefficient (Wildman–Crippen LogP) is 10.2. The molecule has 1 aliphatic rings. The normalized spacial score (nSPS) is 12.4. The van der Waals surface area contributed by atoms with E-state index >= 15 is 0 Å². The maximum absolute atomic E-state index is 13.6. The fourth-order valence-corrected chi connectivity index (χ4v) is 8.94. The van der Waals surface area contributed by atoms with E-state index < -0.39 is 5.91 Å². The van der Waals surface area contributed by atoms with Crippen LogP contribution < -0.4 is 36.5 Å². The number of aromatic hydroxyl groups is 1. The Labute approximate surface area is 382 Å². The van der Waals surface area contributed by atoms with Gasteiger partial charge in [-0.3, -0.25) is 19.4 Å². The summed E-state index contributed by atoms with van der Waals surface area (Å²) in [5.74, 6) is 0.256. The van der Waals surface area contributed by atoms with E-state index in [1.54, 1.807) is 19.2 Å². The molecule has 0 spiro atoms. The van der Waals surface area contributed by atoms with Gasteiger partial charge < -0.3 is 41.6 Å². The van der Waals surface area contributed by atoms with Crippen molar-refractivity contribution in [3.05, 3.63) is 155 Å². The lowest BCUT2D eigenvalue weighted by molar-refractivity contribution is -0.118. The summed E-state index contributed by atoms with van der Waals surface area (Å²) in [6.45, 7) is 5.63. The number of carbonyl (C=O) groups excluding carboxylic acids is 3. The third kappa shape index (κ3) is 10.5. The molecule has 2 heterocycles. The van der Waals surface area contributed by atoms with E-state index in [0.29, 0.717) is 34.1 Å². The number of hydrogen-bond donors (Lipinski definition) is 6. The number of nitrogens with one attached hydrogen (secondary N) is 4. The van der Waals surface area contributed by atoms with Crippen molar-refractivity contribution in [2.24, 2.45) is 5.73 Å². The van der Waals surface area contributed by atoms with Crippen molar-refractivity contribution >= 4 is 63.1 Å². The summed E-state index contributed by atoms with van der Waals surface area (Å²) in [6, 6.07) is 38.8. The van der Waals surface area contributed by atoms with Crippen LogP contribution in [0.4, 0.5) is 22.7 Å². The Morgan fingerprint density at radius 2 is 1.71 bits per heavy atom. The highest BCUT2D eigenvalue weighted by Crippen LogP contribution is 2.42. The number of anilines is 4. The number of pyridine rings is 1. The van der Waals surface area contributed by atoms with Gasteiger partial charge in [0.15, 0.2) is 12.4 Å². The minimum absolute atomic E-state index is 0.00401. The summed E-state index contributed by atoms with van der Waals surface area (Å²) in [4.78, 5) is 44.3. The molecule has 0 saturated heterocycles. The SMILES string of the molecule is COc1cccc(Nc2c(C(N)=O)cnc3c(C)cc(Sc4cccc(C(=O)Nc5cccc(-c6ccc(CCCCNCC(C)c7ccc(O)c8c7OCC(=O)N8)cc6)c5)c4)cc23)c1. The number of nitrogens with two attached hydrogens (primary N) is 1. The second-order valence-corrected chi connectivity index (χ2v) is 17.2. The van der Waals surface area contributed by atoms with Crippen molar-refractivity contribution < 1.29 is 29.0 Å². The Morgan fingerprint density at radius 3 is 2.52 bits per heavy atom. The first-order valence-corrected chi connectivity index (χ1v) is 22.3. The number of nitrogens with zero attached hydrogens (tertiary/aromatic N) is 1. The van der Waals surface area contributed by atoms with Crippen LogP contribution in [0.1, 0.15) is 63.1 Å². The summed E-state index contributed by atoms with van der Waals surface area (Å²) in [5, 5.41) is 23.6. The van der Waals surface area contributed by atoms with Gasteiger partial charge in [0, 0.05) is 56.5 Å². The molecule has 1 aliphatic heterocycles. The number of carbonyl (C=O) groups is 3. The van der Waals surface area contributed by atoms with E-state index in [-0.39, 0.29) is 35.7 Å². The number of fused-ring (bicyclic) bond motifs is 2. The number of benzene rings is 6. The molecule has 13 heteroatoms. The molecule has 1 atom stereocenters. The standard InChI is InChI=1S/C52H50N6O6S/c1-31-23-41(27-43-47(31)55-29-44(51(53)61)48(43)56-38-13-8-14-39(26-38)63-3)65-40-15-7-11-36(25-40)52(62)57-37-12-6-10-35(24-37)34-18-16-33(17-19-34)9-4-5-22-54-28-32(2)42-20-21-45(59)49-50(42)64-30-46(60)58-49/h6-8,10-21,23-27,29,32,54,59H,4-5,9,22,28,30H2,1-3H3,(H2,53,61)(H,55,56)(H,57,62)(H,58,60). The molecule has 0 aliphatic carbocycles. The first kappa shape index (κ1) is 44.3. The van der Waals surface area contributed by atoms with Crippen molar-refractivity contribution in [1.82, 2.24) is 10.3 Å². The number of aryl methyl sites for hydroxylation is 2. The molecule has 1 aromatic heterocycles. The average molecular weight is 887 g/mol. The maximum atomic E-state index is 13.6. The number of aromatic nitrogens is 1. The molecule has 8 rings (SSSR count). The quantitative estimate of drug-likeness (QED) is 0.0381. The Morgan fingerprint density at radius 1 is 0.908 bits per heavy atom. The Kier molecular flexibility index (Phi) is 13.6. The maximum Gasteiger partial charge on any atom is 0.262 e. The summed E-state index contributed by atoms with van der Waals surface area (Å²) >= 11 is 1.51. The minimum Gasteiger partial charge on any atom is -0.506 e. The molecular formula is C52H50N6O6S. The Hall–Kier alpha value is -7.35. The molecule has 330 valence electrons. The van der Waals surface area contributed by atoms with Gasteiger partial charge in [-0.15, -0.1) is 0 Å². The molecule has 7 aromatic rings. The molecule has 3 amide bonds. The lowest BCUT2D eigenvalue weighted by Crippen LogP contribution is -2.27. The molecule has 6 aromatic carbocycles. The number of methoxy groups -OCH3 is 1.